The predicted molar refractivity (Wildman–Crippen MR) is 227 cm³/mol. The summed E-state index contributed by atoms with van der Waals surface area (Å²) in [7, 11) is 0. The van der Waals surface area contributed by atoms with E-state index >= 15 is 0 Å². The molecule has 0 heterocycles. The van der Waals surface area contributed by atoms with E-state index < -0.39 is 53.3 Å². The first-order valence-electron chi connectivity index (χ1n) is 20.4. The van der Waals surface area contributed by atoms with Gasteiger partial charge in [0, 0.05) is 19.5 Å². The van der Waals surface area contributed by atoms with Crippen molar-refractivity contribution >= 4 is 30.0 Å². The van der Waals surface area contributed by atoms with Gasteiger partial charge in [0.05, 0.1) is 6.61 Å². The maximum atomic E-state index is 13.9. The van der Waals surface area contributed by atoms with Gasteiger partial charge in [-0.25, -0.2) is 9.59 Å². The Kier molecular flexibility index (Phi) is 19.2. The SMILES string of the molecule is Cc1cc(OCCCCNC(=O)OC(C)(C)C)cc(CNC(=O)[C@H](CCc2ccccc2)NC(=O)[C@H](CCCC(=O)OC(C)(C)C)NC(=O)OCc2ccccc2)c1C. The number of hydrogen-bond acceptors (Lipinski definition) is 9. The number of ether oxygens (including phenoxy) is 4. The molecule has 0 fully saturated rings. The molecule has 0 aromatic heterocycles. The molecule has 322 valence electrons. The number of hydrogen-bond donors (Lipinski definition) is 4. The van der Waals surface area contributed by atoms with Crippen LogP contribution in [-0.2, 0) is 48.2 Å². The summed E-state index contributed by atoms with van der Waals surface area (Å²) in [6.45, 7) is 15.8. The van der Waals surface area contributed by atoms with E-state index in [9.17, 15) is 24.0 Å². The smallest absolute Gasteiger partial charge is 0.408 e. The third-order valence-electron chi connectivity index (χ3n) is 9.02. The summed E-state index contributed by atoms with van der Waals surface area (Å²) in [6, 6.07) is 20.6. The number of benzene rings is 3. The Balaban J connectivity index is 1.69. The first-order valence-corrected chi connectivity index (χ1v) is 20.4. The quantitative estimate of drug-likeness (QED) is 0.0482. The molecule has 0 aliphatic heterocycles. The lowest BCUT2D eigenvalue weighted by Gasteiger charge is -2.24. The van der Waals surface area contributed by atoms with E-state index in [1.165, 1.54) is 0 Å². The molecular weight excluding hydrogens is 753 g/mol. The zero-order chi connectivity index (χ0) is 43.4. The van der Waals surface area contributed by atoms with E-state index in [1.807, 2.05) is 107 Å². The van der Waals surface area contributed by atoms with Crippen LogP contribution in [-0.4, -0.2) is 66.4 Å². The molecule has 0 bridgehead atoms. The van der Waals surface area contributed by atoms with E-state index in [0.29, 0.717) is 38.2 Å². The molecule has 0 radical (unpaired) electrons. The predicted octanol–water partition coefficient (Wildman–Crippen LogP) is 7.53. The van der Waals surface area contributed by atoms with E-state index in [2.05, 4.69) is 21.3 Å². The largest absolute Gasteiger partial charge is 0.494 e. The molecule has 4 N–H and O–H groups in total. The average Bonchev–Trinajstić information content (AvgIpc) is 3.16. The van der Waals surface area contributed by atoms with Crippen LogP contribution < -0.4 is 26.0 Å². The van der Waals surface area contributed by atoms with Gasteiger partial charge >= 0.3 is 18.2 Å². The number of amides is 4. The van der Waals surface area contributed by atoms with E-state index in [1.54, 1.807) is 20.8 Å². The minimum Gasteiger partial charge on any atom is -0.494 e. The Bertz CT molecular complexity index is 1800. The lowest BCUT2D eigenvalue weighted by molar-refractivity contribution is -0.155. The van der Waals surface area contributed by atoms with Crippen molar-refractivity contribution in [1.82, 2.24) is 21.3 Å². The second kappa shape index (κ2) is 23.7. The summed E-state index contributed by atoms with van der Waals surface area (Å²) in [5.74, 6) is -0.737. The molecule has 3 rings (SSSR count). The second-order valence-corrected chi connectivity index (χ2v) is 16.5. The molecule has 13 nitrogen and oxygen atoms in total. The van der Waals surface area contributed by atoms with Crippen molar-refractivity contribution < 1.29 is 42.9 Å². The standard InChI is InChI=1S/C46H64N4O9/c1-32-28-37(56-27-16-15-26-47-43(54)59-46(6,7)8)29-36(33(32)2)30-48-41(52)39(25-24-34-18-11-9-12-19-34)49-42(53)38(22-17-23-40(51)58-45(3,4)5)50-44(55)57-31-35-20-13-10-14-21-35/h9-14,18-21,28-29,38-39H,15-17,22-27,30-31H2,1-8H3,(H,47,54)(H,48,52)(H,49,53)(H,50,55)/t38-,39-/m0/s1. The van der Waals surface area contributed by atoms with Crippen LogP contribution in [0.3, 0.4) is 0 Å². The lowest BCUT2D eigenvalue weighted by Crippen LogP contribution is -2.53. The minimum absolute atomic E-state index is 0.000507. The Labute approximate surface area is 349 Å². The van der Waals surface area contributed by atoms with Gasteiger partial charge in [-0.1, -0.05) is 60.7 Å². The van der Waals surface area contributed by atoms with E-state index in [0.717, 1.165) is 27.8 Å². The molecular formula is C46H64N4O9. The van der Waals surface area contributed by atoms with Gasteiger partial charge in [0.1, 0.15) is 35.6 Å². The van der Waals surface area contributed by atoms with Gasteiger partial charge in [-0.3, -0.25) is 14.4 Å². The normalized spacial score (nSPS) is 12.3. The molecule has 4 amide bonds. The third-order valence-corrected chi connectivity index (χ3v) is 9.02. The van der Waals surface area contributed by atoms with Gasteiger partial charge in [-0.05, 0) is 134 Å². The number of unbranched alkanes of at least 4 members (excludes halogenated alkanes) is 1. The summed E-state index contributed by atoms with van der Waals surface area (Å²) < 4.78 is 22.2. The van der Waals surface area contributed by atoms with Crippen LogP contribution in [0.2, 0.25) is 0 Å². The molecule has 0 spiro atoms. The van der Waals surface area contributed by atoms with Crippen LogP contribution >= 0.6 is 0 Å². The van der Waals surface area contributed by atoms with Crippen LogP contribution in [0.5, 0.6) is 5.75 Å². The Hall–Kier alpha value is -5.59. The Morgan fingerprint density at radius 1 is 0.661 bits per heavy atom. The van der Waals surface area contributed by atoms with Gasteiger partial charge in [0.25, 0.3) is 0 Å². The zero-order valence-electron chi connectivity index (χ0n) is 36.0. The van der Waals surface area contributed by atoms with Crippen LogP contribution in [0.25, 0.3) is 0 Å². The molecule has 0 unspecified atom stereocenters. The molecule has 3 aromatic carbocycles. The number of esters is 1. The summed E-state index contributed by atoms with van der Waals surface area (Å²) in [6.07, 6.45) is 1.33. The molecule has 3 aromatic rings. The van der Waals surface area contributed by atoms with Gasteiger partial charge < -0.3 is 40.2 Å². The number of rotatable bonds is 21. The number of carbonyl (C=O) groups excluding carboxylic acids is 5. The maximum Gasteiger partial charge on any atom is 0.408 e. The zero-order valence-corrected chi connectivity index (χ0v) is 36.0. The van der Waals surface area contributed by atoms with Crippen LogP contribution in [0.15, 0.2) is 72.8 Å². The molecule has 59 heavy (non-hydrogen) atoms. The van der Waals surface area contributed by atoms with Gasteiger partial charge in [0.2, 0.25) is 11.8 Å². The fourth-order valence-electron chi connectivity index (χ4n) is 5.91. The molecule has 0 saturated heterocycles. The number of nitrogens with one attached hydrogen (secondary N) is 4. The molecule has 0 saturated carbocycles. The van der Waals surface area contributed by atoms with Crippen LogP contribution in [0.1, 0.15) is 108 Å². The van der Waals surface area contributed by atoms with Gasteiger partial charge in [-0.2, -0.15) is 0 Å². The van der Waals surface area contributed by atoms with E-state index in [-0.39, 0.29) is 38.8 Å². The molecule has 2 atom stereocenters. The summed E-state index contributed by atoms with van der Waals surface area (Å²) in [5, 5.41) is 11.3. The summed E-state index contributed by atoms with van der Waals surface area (Å²) in [5.41, 5.74) is 3.39. The second-order valence-electron chi connectivity index (χ2n) is 16.5. The topological polar surface area (TPSA) is 170 Å². The van der Waals surface area contributed by atoms with Crippen molar-refractivity contribution in [3.05, 3.63) is 101 Å². The van der Waals surface area contributed by atoms with Crippen LogP contribution in [0, 0.1) is 13.8 Å². The third kappa shape index (κ3) is 19.6. The van der Waals surface area contributed by atoms with Crippen molar-refractivity contribution in [3.8, 4) is 5.75 Å². The minimum atomic E-state index is -1.10. The maximum absolute atomic E-state index is 13.9. The van der Waals surface area contributed by atoms with Crippen LogP contribution in [0.4, 0.5) is 9.59 Å². The highest BCUT2D eigenvalue weighted by atomic mass is 16.6. The first kappa shape index (κ1) is 47.8. The highest BCUT2D eigenvalue weighted by molar-refractivity contribution is 5.91. The monoisotopic (exact) mass is 816 g/mol. The van der Waals surface area contributed by atoms with Crippen molar-refractivity contribution in [1.29, 1.82) is 0 Å². The van der Waals surface area contributed by atoms with Gasteiger partial charge in [-0.15, -0.1) is 0 Å². The fourth-order valence-corrected chi connectivity index (χ4v) is 5.91. The van der Waals surface area contributed by atoms with Crippen molar-refractivity contribution in [3.63, 3.8) is 0 Å². The Morgan fingerprint density at radius 3 is 1.93 bits per heavy atom. The molecule has 13 heteroatoms. The van der Waals surface area contributed by atoms with Crippen molar-refractivity contribution in [2.24, 2.45) is 0 Å². The van der Waals surface area contributed by atoms with Gasteiger partial charge in [0.15, 0.2) is 0 Å². The highest BCUT2D eigenvalue weighted by Crippen LogP contribution is 2.22. The lowest BCUT2D eigenvalue weighted by atomic mass is 10.0. The number of aryl methyl sites for hydroxylation is 2. The van der Waals surface area contributed by atoms with Crippen molar-refractivity contribution in [2.45, 2.75) is 137 Å². The van der Waals surface area contributed by atoms with Crippen molar-refractivity contribution in [2.75, 3.05) is 13.2 Å². The first-order chi connectivity index (χ1) is 27.9. The fraction of sp³-hybridized carbons (Fsp3) is 0.500. The van der Waals surface area contributed by atoms with E-state index in [4.69, 9.17) is 18.9 Å². The summed E-state index contributed by atoms with van der Waals surface area (Å²) in [4.78, 5) is 65.2. The summed E-state index contributed by atoms with van der Waals surface area (Å²) >= 11 is 0. The number of alkyl carbamates (subject to hydrolysis) is 2. The molecule has 0 aliphatic rings. The average molecular weight is 817 g/mol. The number of carbonyl (C=O) groups is 5. The Morgan fingerprint density at radius 2 is 1.29 bits per heavy atom. The highest BCUT2D eigenvalue weighted by Gasteiger charge is 2.28. The molecule has 0 aliphatic carbocycles.